The van der Waals surface area contributed by atoms with E-state index in [0.717, 1.165) is 22.4 Å². The molecule has 0 fully saturated rings. The molecule has 1 rings (SSSR count). The van der Waals surface area contributed by atoms with Gasteiger partial charge in [0.25, 0.3) is 0 Å². The highest BCUT2D eigenvalue weighted by Crippen LogP contribution is 2.22. The van der Waals surface area contributed by atoms with Crippen LogP contribution in [0, 0.1) is 13.8 Å². The third kappa shape index (κ3) is 4.57. The van der Waals surface area contributed by atoms with Crippen LogP contribution in [-0.2, 0) is 20.9 Å². The molecule has 5 heteroatoms. The summed E-state index contributed by atoms with van der Waals surface area (Å²) in [5.41, 5.74) is 3.12. The Morgan fingerprint density at radius 3 is 2.40 bits per heavy atom. The third-order valence-corrected chi connectivity index (χ3v) is 3.11. The van der Waals surface area contributed by atoms with Crippen LogP contribution in [0.15, 0.2) is 12.1 Å². The molecule has 0 unspecified atom stereocenters. The monoisotopic (exact) mass is 279 g/mol. The predicted molar refractivity (Wildman–Crippen MR) is 75.6 cm³/mol. The molecule has 1 N–H and O–H groups in total. The van der Waals surface area contributed by atoms with Crippen molar-refractivity contribution >= 4 is 11.9 Å². The molecule has 0 atom stereocenters. The second-order valence-electron chi connectivity index (χ2n) is 4.60. The second-order valence-corrected chi connectivity index (χ2v) is 4.60. The molecule has 0 saturated carbocycles. The maximum atomic E-state index is 11.6. The molecule has 0 heterocycles. The standard InChI is InChI=1S/C15H21NO4/c1-10-8-13(19-3)11(2)7-12(10)9-16-14(17)5-6-15(18)20-4/h7-8H,5-6,9H2,1-4H3,(H,16,17). The van der Waals surface area contributed by atoms with Gasteiger partial charge in [0.05, 0.1) is 20.6 Å². The van der Waals surface area contributed by atoms with E-state index in [4.69, 9.17) is 4.74 Å². The Balaban J connectivity index is 2.55. The lowest BCUT2D eigenvalue weighted by molar-refractivity contribution is -0.142. The highest BCUT2D eigenvalue weighted by molar-refractivity contribution is 5.81. The maximum absolute atomic E-state index is 11.6. The Morgan fingerprint density at radius 2 is 1.80 bits per heavy atom. The number of esters is 1. The average molecular weight is 279 g/mol. The van der Waals surface area contributed by atoms with Gasteiger partial charge >= 0.3 is 5.97 Å². The van der Waals surface area contributed by atoms with Gasteiger partial charge in [-0.05, 0) is 36.6 Å². The van der Waals surface area contributed by atoms with Crippen LogP contribution in [0.1, 0.15) is 29.5 Å². The summed E-state index contributed by atoms with van der Waals surface area (Å²) >= 11 is 0. The number of rotatable bonds is 6. The molecule has 5 nitrogen and oxygen atoms in total. The highest BCUT2D eigenvalue weighted by atomic mass is 16.5. The van der Waals surface area contributed by atoms with Crippen molar-refractivity contribution in [1.82, 2.24) is 5.32 Å². The van der Waals surface area contributed by atoms with E-state index in [1.54, 1.807) is 7.11 Å². The van der Waals surface area contributed by atoms with Crippen LogP contribution in [0.25, 0.3) is 0 Å². The Labute approximate surface area is 119 Å². The molecule has 110 valence electrons. The molecule has 0 saturated heterocycles. The minimum Gasteiger partial charge on any atom is -0.496 e. The zero-order chi connectivity index (χ0) is 15.1. The summed E-state index contributed by atoms with van der Waals surface area (Å²) in [6, 6.07) is 3.94. The van der Waals surface area contributed by atoms with Gasteiger partial charge in [-0.25, -0.2) is 0 Å². The Morgan fingerprint density at radius 1 is 1.10 bits per heavy atom. The van der Waals surface area contributed by atoms with Crippen LogP contribution in [0.2, 0.25) is 0 Å². The number of methoxy groups -OCH3 is 2. The number of carbonyl (C=O) groups is 2. The van der Waals surface area contributed by atoms with Crippen molar-refractivity contribution in [3.05, 3.63) is 28.8 Å². The highest BCUT2D eigenvalue weighted by Gasteiger charge is 2.09. The molecule has 1 aromatic rings. The topological polar surface area (TPSA) is 64.6 Å². The van der Waals surface area contributed by atoms with Gasteiger partial charge in [-0.3, -0.25) is 9.59 Å². The van der Waals surface area contributed by atoms with Crippen molar-refractivity contribution < 1.29 is 19.1 Å². The fourth-order valence-electron chi connectivity index (χ4n) is 1.86. The Hall–Kier alpha value is -2.04. The van der Waals surface area contributed by atoms with E-state index in [9.17, 15) is 9.59 Å². The minimum atomic E-state index is -0.378. The first-order valence-electron chi connectivity index (χ1n) is 6.45. The van der Waals surface area contributed by atoms with E-state index in [1.807, 2.05) is 26.0 Å². The first-order chi connectivity index (χ1) is 9.47. The fraction of sp³-hybridized carbons (Fsp3) is 0.467. The minimum absolute atomic E-state index is 0.100. The smallest absolute Gasteiger partial charge is 0.306 e. The van der Waals surface area contributed by atoms with E-state index >= 15 is 0 Å². The first kappa shape index (κ1) is 16.0. The lowest BCUT2D eigenvalue weighted by Gasteiger charge is -2.12. The average Bonchev–Trinajstić information content (AvgIpc) is 2.44. The summed E-state index contributed by atoms with van der Waals surface area (Å²) in [7, 11) is 2.94. The molecular weight excluding hydrogens is 258 g/mol. The van der Waals surface area contributed by atoms with Crippen molar-refractivity contribution in [3.8, 4) is 5.75 Å². The van der Waals surface area contributed by atoms with Gasteiger partial charge in [0, 0.05) is 13.0 Å². The Kier molecular flexibility index (Phi) is 6.03. The SMILES string of the molecule is COC(=O)CCC(=O)NCc1cc(C)c(OC)cc1C. The van der Waals surface area contributed by atoms with E-state index in [1.165, 1.54) is 7.11 Å². The summed E-state index contributed by atoms with van der Waals surface area (Å²) < 4.78 is 9.74. The molecular formula is C15H21NO4. The van der Waals surface area contributed by atoms with Crippen molar-refractivity contribution in [2.24, 2.45) is 0 Å². The van der Waals surface area contributed by atoms with Gasteiger partial charge in [-0.15, -0.1) is 0 Å². The molecule has 1 aromatic carbocycles. The van der Waals surface area contributed by atoms with Gasteiger partial charge in [-0.2, -0.15) is 0 Å². The normalized spacial score (nSPS) is 10.0. The van der Waals surface area contributed by atoms with Gasteiger partial charge in [-0.1, -0.05) is 6.07 Å². The van der Waals surface area contributed by atoms with Crippen molar-refractivity contribution in [1.29, 1.82) is 0 Å². The van der Waals surface area contributed by atoms with Crippen LogP contribution in [0.4, 0.5) is 0 Å². The van der Waals surface area contributed by atoms with Gasteiger partial charge in [0.15, 0.2) is 0 Å². The quantitative estimate of drug-likeness (QED) is 0.808. The molecule has 0 bridgehead atoms. The van der Waals surface area contributed by atoms with Crippen molar-refractivity contribution in [3.63, 3.8) is 0 Å². The van der Waals surface area contributed by atoms with Gasteiger partial charge < -0.3 is 14.8 Å². The fourth-order valence-corrected chi connectivity index (χ4v) is 1.86. The molecule has 0 aliphatic carbocycles. The number of nitrogens with one attached hydrogen (secondary N) is 1. The van der Waals surface area contributed by atoms with E-state index in [2.05, 4.69) is 10.1 Å². The molecule has 0 radical (unpaired) electrons. The van der Waals surface area contributed by atoms with Crippen LogP contribution in [0.3, 0.4) is 0 Å². The van der Waals surface area contributed by atoms with E-state index in [-0.39, 0.29) is 24.7 Å². The number of ether oxygens (including phenoxy) is 2. The summed E-state index contributed by atoms with van der Waals surface area (Å²) in [6.07, 6.45) is 0.240. The molecule has 0 aromatic heterocycles. The number of aryl methyl sites for hydroxylation is 2. The molecule has 1 amide bonds. The van der Waals surface area contributed by atoms with E-state index < -0.39 is 0 Å². The zero-order valence-corrected chi connectivity index (χ0v) is 12.4. The summed E-state index contributed by atoms with van der Waals surface area (Å²) in [4.78, 5) is 22.6. The van der Waals surface area contributed by atoms with E-state index in [0.29, 0.717) is 6.54 Å². The molecule has 0 spiro atoms. The van der Waals surface area contributed by atoms with Crippen LogP contribution >= 0.6 is 0 Å². The number of benzene rings is 1. The number of carbonyl (C=O) groups excluding carboxylic acids is 2. The molecule has 20 heavy (non-hydrogen) atoms. The largest absolute Gasteiger partial charge is 0.496 e. The number of amides is 1. The van der Waals surface area contributed by atoms with Crippen LogP contribution < -0.4 is 10.1 Å². The summed E-state index contributed by atoms with van der Waals surface area (Å²) in [5, 5.41) is 2.80. The predicted octanol–water partition coefficient (Wildman–Crippen LogP) is 1.88. The summed E-state index contributed by atoms with van der Waals surface area (Å²) in [5.74, 6) is 0.295. The first-order valence-corrected chi connectivity index (χ1v) is 6.45. The third-order valence-electron chi connectivity index (χ3n) is 3.11. The number of hydrogen-bond donors (Lipinski definition) is 1. The Bertz CT molecular complexity index is 497. The second kappa shape index (κ2) is 7.53. The van der Waals surface area contributed by atoms with Crippen molar-refractivity contribution in [2.75, 3.05) is 14.2 Å². The molecule has 0 aliphatic heterocycles. The van der Waals surface area contributed by atoms with Gasteiger partial charge in [0.1, 0.15) is 5.75 Å². The lowest BCUT2D eigenvalue weighted by Crippen LogP contribution is -2.23. The van der Waals surface area contributed by atoms with Crippen LogP contribution in [-0.4, -0.2) is 26.1 Å². The van der Waals surface area contributed by atoms with Crippen molar-refractivity contribution in [2.45, 2.75) is 33.2 Å². The maximum Gasteiger partial charge on any atom is 0.306 e. The number of hydrogen-bond acceptors (Lipinski definition) is 4. The molecule has 0 aliphatic rings. The van der Waals surface area contributed by atoms with Crippen LogP contribution in [0.5, 0.6) is 5.75 Å². The lowest BCUT2D eigenvalue weighted by atomic mass is 10.0. The zero-order valence-electron chi connectivity index (χ0n) is 12.4. The summed E-state index contributed by atoms with van der Waals surface area (Å²) in [6.45, 7) is 4.37. The van der Waals surface area contributed by atoms with Gasteiger partial charge in [0.2, 0.25) is 5.91 Å².